The summed E-state index contributed by atoms with van der Waals surface area (Å²) in [5.74, 6) is -0.660. The molecule has 0 spiro atoms. The fourth-order valence-corrected chi connectivity index (χ4v) is 7.79. The van der Waals surface area contributed by atoms with Gasteiger partial charge in [0.1, 0.15) is 30.0 Å². The minimum atomic E-state index is -4.85. The highest BCUT2D eigenvalue weighted by molar-refractivity contribution is 7.86. The number of benzene rings is 5. The third-order valence-corrected chi connectivity index (χ3v) is 10.9. The normalized spacial score (nSPS) is 13.5. The van der Waals surface area contributed by atoms with Gasteiger partial charge in [-0.1, -0.05) is 30.3 Å². The van der Waals surface area contributed by atoms with E-state index in [0.717, 1.165) is 29.8 Å². The highest BCUT2D eigenvalue weighted by Crippen LogP contribution is 2.39. The quantitative estimate of drug-likeness (QED) is 0.0992. The molecule has 8 bridgehead atoms. The Balaban J connectivity index is 1.45. The first-order chi connectivity index (χ1) is 24.6. The fraction of sp³-hybridized carbons (Fsp3) is 0.132. The number of aryl methyl sites for hydroxylation is 1. The molecule has 6 aromatic rings. The molecule has 0 saturated heterocycles. The number of phenols is 4. The van der Waals surface area contributed by atoms with Gasteiger partial charge in [-0.05, 0) is 76.4 Å². The van der Waals surface area contributed by atoms with E-state index >= 15 is 0 Å². The van der Waals surface area contributed by atoms with Crippen LogP contribution >= 0.6 is 0 Å². The second-order valence-electron chi connectivity index (χ2n) is 12.8. The third-order valence-electron chi connectivity index (χ3n) is 9.29. The molecule has 1 aromatic heterocycles. The predicted molar refractivity (Wildman–Crippen MR) is 190 cm³/mol. The number of aromatic hydroxyl groups is 4. The number of para-hydroxylation sites is 3. The number of phenolic OH excluding ortho intramolecular Hbond substituents is 4. The van der Waals surface area contributed by atoms with E-state index in [1.807, 2.05) is 35.9 Å². The Morgan fingerprint density at radius 1 is 0.558 bits per heavy atom. The second-order valence-corrected chi connectivity index (χ2v) is 15.6. The molecular weight excluding hydrogens is 711 g/mol. The van der Waals surface area contributed by atoms with E-state index < -0.39 is 47.9 Å². The highest BCUT2D eigenvalue weighted by Gasteiger charge is 2.25. The van der Waals surface area contributed by atoms with E-state index in [1.165, 1.54) is 0 Å². The maximum atomic E-state index is 12.4. The van der Waals surface area contributed by atoms with Crippen LogP contribution < -0.4 is 4.57 Å². The summed E-state index contributed by atoms with van der Waals surface area (Å²) in [6.45, 7) is 0. The van der Waals surface area contributed by atoms with Crippen molar-refractivity contribution in [3.05, 3.63) is 135 Å². The number of nitrogens with zero attached hydrogens (tertiary/aromatic N) is 1. The second kappa shape index (κ2) is 12.8. The zero-order chi connectivity index (χ0) is 37.1. The Morgan fingerprint density at radius 2 is 0.962 bits per heavy atom. The summed E-state index contributed by atoms with van der Waals surface area (Å²) in [7, 11) is -7.80. The van der Waals surface area contributed by atoms with Crippen molar-refractivity contribution in [1.29, 1.82) is 0 Å². The topological polar surface area (TPSA) is 207 Å². The van der Waals surface area contributed by atoms with Gasteiger partial charge in [-0.15, -0.1) is 0 Å². The summed E-state index contributed by atoms with van der Waals surface area (Å²) in [5.41, 5.74) is 3.26. The van der Waals surface area contributed by atoms with Crippen LogP contribution in [0, 0.1) is 0 Å². The average molecular weight is 743 g/mol. The zero-order valence-electron chi connectivity index (χ0n) is 27.5. The van der Waals surface area contributed by atoms with Crippen molar-refractivity contribution in [1.82, 2.24) is 0 Å². The van der Waals surface area contributed by atoms with E-state index in [2.05, 4.69) is 0 Å². The van der Waals surface area contributed by atoms with Gasteiger partial charge in [-0.25, -0.2) is 0 Å². The lowest BCUT2D eigenvalue weighted by Gasteiger charge is -2.18. The molecule has 0 atom stereocenters. The summed E-state index contributed by atoms with van der Waals surface area (Å²) in [6, 6.07) is 19.8. The molecule has 6 N–H and O–H groups in total. The number of fused-ring (bicyclic) bond motifs is 9. The van der Waals surface area contributed by atoms with Crippen molar-refractivity contribution < 1.29 is 55.4 Å². The summed E-state index contributed by atoms with van der Waals surface area (Å²) >= 11 is 0. The Morgan fingerprint density at radius 3 is 1.40 bits per heavy atom. The molecule has 0 amide bonds. The van der Waals surface area contributed by atoms with Crippen molar-refractivity contribution in [2.45, 2.75) is 35.5 Å². The number of aromatic nitrogens is 1. The fourth-order valence-electron chi connectivity index (χ4n) is 6.63. The standard InChI is InChI=1S/C38H31NO11S2/c1-39-32-7-2-3-8-33(32)50-34(39)10-9-21-11-24-13-22-5-4-6-23(35(22)40)14-26-17-30(51(44,45)46)19-28(37(26)42)16-29-20-31(52(47,48)49)18-27(38(29)43)15-25(12-21)36(24)41/h2-12,17-20H,13-16H2,1H3,(H5,40,42,43,44,45,46,47,48,49)/p+1. The largest absolute Gasteiger partial charge is 0.507 e. The molecule has 0 fully saturated rings. The lowest BCUT2D eigenvalue weighted by atomic mass is 9.90. The van der Waals surface area contributed by atoms with E-state index in [9.17, 15) is 46.4 Å². The van der Waals surface area contributed by atoms with Crippen LogP contribution in [0.4, 0.5) is 0 Å². The van der Waals surface area contributed by atoms with Gasteiger partial charge in [-0.3, -0.25) is 9.11 Å². The van der Waals surface area contributed by atoms with Gasteiger partial charge in [0.15, 0.2) is 0 Å². The van der Waals surface area contributed by atoms with Gasteiger partial charge in [-0.2, -0.15) is 21.4 Å². The first-order valence-corrected chi connectivity index (χ1v) is 18.8. The van der Waals surface area contributed by atoms with Crippen LogP contribution in [-0.2, 0) is 53.0 Å². The Hall–Kier alpha value is -5.67. The Kier molecular flexibility index (Phi) is 8.58. The predicted octanol–water partition coefficient (Wildman–Crippen LogP) is 5.42. The van der Waals surface area contributed by atoms with Gasteiger partial charge in [0.05, 0.1) is 15.9 Å². The first kappa shape index (κ1) is 34.8. The molecule has 1 aliphatic rings. The maximum absolute atomic E-state index is 12.4. The Bertz CT molecular complexity index is 2700. The number of oxazole rings is 1. The van der Waals surface area contributed by atoms with Crippen molar-refractivity contribution in [3.8, 4) is 23.0 Å². The van der Waals surface area contributed by atoms with Crippen LogP contribution in [0.1, 0.15) is 56.0 Å². The summed E-state index contributed by atoms with van der Waals surface area (Å²) in [4.78, 5) is -1.16. The first-order valence-electron chi connectivity index (χ1n) is 15.9. The van der Waals surface area contributed by atoms with Crippen molar-refractivity contribution in [3.63, 3.8) is 0 Å². The maximum Gasteiger partial charge on any atom is 0.373 e. The lowest BCUT2D eigenvalue weighted by molar-refractivity contribution is -0.651. The average Bonchev–Trinajstić information content (AvgIpc) is 3.40. The van der Waals surface area contributed by atoms with Crippen molar-refractivity contribution >= 4 is 43.5 Å². The monoisotopic (exact) mass is 742 g/mol. The molecule has 5 aromatic carbocycles. The molecule has 12 nitrogen and oxygen atoms in total. The van der Waals surface area contributed by atoms with E-state index in [1.54, 1.807) is 42.5 Å². The van der Waals surface area contributed by atoms with Gasteiger partial charge in [0, 0.05) is 54.0 Å². The minimum Gasteiger partial charge on any atom is -0.507 e. The minimum absolute atomic E-state index is 0.00316. The summed E-state index contributed by atoms with van der Waals surface area (Å²) in [5, 5.41) is 45.9. The van der Waals surface area contributed by atoms with Gasteiger partial charge >= 0.3 is 5.89 Å². The molecule has 0 radical (unpaired) electrons. The number of hydrogen-bond donors (Lipinski definition) is 6. The number of hydrogen-bond acceptors (Lipinski definition) is 9. The molecule has 52 heavy (non-hydrogen) atoms. The molecule has 1 aliphatic carbocycles. The van der Waals surface area contributed by atoms with Crippen LogP contribution in [0.2, 0.25) is 0 Å². The van der Waals surface area contributed by atoms with E-state index in [0.29, 0.717) is 33.7 Å². The molecule has 0 unspecified atom stereocenters. The van der Waals surface area contributed by atoms with Crippen LogP contribution in [0.25, 0.3) is 23.3 Å². The van der Waals surface area contributed by atoms with Gasteiger partial charge in [0.25, 0.3) is 25.8 Å². The molecular formula is C38H32NO11S2+. The van der Waals surface area contributed by atoms with Crippen LogP contribution in [0.3, 0.4) is 0 Å². The van der Waals surface area contributed by atoms with Gasteiger partial charge < -0.3 is 24.8 Å². The van der Waals surface area contributed by atoms with Crippen molar-refractivity contribution in [2.24, 2.45) is 7.05 Å². The Labute approximate surface area is 298 Å². The number of rotatable bonds is 4. The SMILES string of the molecule is C[n+]1c(/C=C/c2cc3c(O)c(c2)Cc2cc(S(=O)(=O)O)cc(c2O)Cc2cc(S(=O)(=O)O)cc(c2O)Cc2cccc(c2O)C3)oc2ccccc21. The van der Waals surface area contributed by atoms with Crippen LogP contribution in [0.15, 0.2) is 93.1 Å². The zero-order valence-corrected chi connectivity index (χ0v) is 29.1. The third kappa shape index (κ3) is 6.60. The molecule has 7 rings (SSSR count). The molecule has 14 heteroatoms. The van der Waals surface area contributed by atoms with E-state index in [-0.39, 0.29) is 58.6 Å². The van der Waals surface area contributed by atoms with Crippen LogP contribution in [-0.4, -0.2) is 46.4 Å². The smallest absolute Gasteiger partial charge is 0.373 e. The molecule has 266 valence electrons. The van der Waals surface area contributed by atoms with Crippen molar-refractivity contribution in [2.75, 3.05) is 0 Å². The molecule has 1 heterocycles. The highest BCUT2D eigenvalue weighted by atomic mass is 32.2. The van der Waals surface area contributed by atoms with Gasteiger partial charge in [0.2, 0.25) is 5.58 Å². The summed E-state index contributed by atoms with van der Waals surface area (Å²) in [6.07, 6.45) is 2.64. The molecule has 0 saturated carbocycles. The lowest BCUT2D eigenvalue weighted by Crippen LogP contribution is -2.29. The van der Waals surface area contributed by atoms with E-state index in [4.69, 9.17) is 4.42 Å². The molecule has 0 aliphatic heterocycles. The van der Waals surface area contributed by atoms with Crippen LogP contribution in [0.5, 0.6) is 23.0 Å². The summed E-state index contributed by atoms with van der Waals surface area (Å²) < 4.78 is 77.3.